The van der Waals surface area contributed by atoms with Crippen LogP contribution in [0.15, 0.2) is 57.4 Å². The van der Waals surface area contributed by atoms with Crippen LogP contribution < -0.4 is 0 Å². The number of rotatable bonds is 5. The van der Waals surface area contributed by atoms with Crippen LogP contribution in [0, 0.1) is 10.1 Å². The quantitative estimate of drug-likeness (QED) is 0.354. The molecule has 5 rings (SSSR count). The summed E-state index contributed by atoms with van der Waals surface area (Å²) in [5.41, 5.74) is 1.27. The smallest absolute Gasteiger partial charge is 0.284 e. The zero-order valence-corrected chi connectivity index (χ0v) is 17.6. The molecule has 2 aromatic carbocycles. The minimum Gasteiger partial charge on any atom is -0.379 e. The lowest BCUT2D eigenvalue weighted by atomic mass is 10.3. The average molecular weight is 460 g/mol. The third kappa shape index (κ3) is 3.44. The van der Waals surface area contributed by atoms with Gasteiger partial charge in [-0.3, -0.25) is 14.5 Å². The summed E-state index contributed by atoms with van der Waals surface area (Å²) >= 11 is 1.06. The fourth-order valence-electron chi connectivity index (χ4n) is 3.43. The van der Waals surface area contributed by atoms with Gasteiger partial charge in [-0.2, -0.15) is 4.31 Å². The van der Waals surface area contributed by atoms with Gasteiger partial charge in [-0.25, -0.2) is 18.5 Å². The Morgan fingerprint density at radius 3 is 2.71 bits per heavy atom. The highest BCUT2D eigenvalue weighted by atomic mass is 32.2. The Morgan fingerprint density at radius 2 is 1.94 bits per heavy atom. The molecule has 11 nitrogen and oxygen atoms in total. The molecule has 13 heteroatoms. The number of para-hydroxylation sites is 2. The Hall–Kier alpha value is -3.00. The molecular formula is C18H16N6O5S2. The van der Waals surface area contributed by atoms with Gasteiger partial charge in [0.1, 0.15) is 0 Å². The summed E-state index contributed by atoms with van der Waals surface area (Å²) in [5, 5.41) is 19.2. The Bertz CT molecular complexity index is 1410. The lowest BCUT2D eigenvalue weighted by Gasteiger charge is -2.26. The fraction of sp³-hybridized carbons (Fsp3) is 0.222. The summed E-state index contributed by atoms with van der Waals surface area (Å²) < 4.78 is 34.0. The number of nitrogens with one attached hydrogen (secondary N) is 1. The SMILES string of the molecule is O=[N+]([O-])c1cc(S(=O)(=O)N2CCOCC2)ccc1Sc1n[nH]c2nc3ccccc3n12. The number of aromatic amines is 1. The minimum absolute atomic E-state index is 0.120. The Kier molecular flexibility index (Phi) is 4.89. The van der Waals surface area contributed by atoms with Crippen LogP contribution in [0.3, 0.4) is 0 Å². The fourth-order valence-corrected chi connectivity index (χ4v) is 5.80. The van der Waals surface area contributed by atoms with Crippen molar-refractivity contribution >= 4 is 44.3 Å². The van der Waals surface area contributed by atoms with Crippen molar-refractivity contribution in [1.29, 1.82) is 0 Å². The first-order chi connectivity index (χ1) is 14.9. The molecule has 1 N–H and O–H groups in total. The number of nitro benzene ring substituents is 1. The van der Waals surface area contributed by atoms with E-state index < -0.39 is 14.9 Å². The van der Waals surface area contributed by atoms with Gasteiger partial charge >= 0.3 is 0 Å². The van der Waals surface area contributed by atoms with Crippen molar-refractivity contribution in [3.05, 3.63) is 52.6 Å². The van der Waals surface area contributed by atoms with E-state index >= 15 is 0 Å². The van der Waals surface area contributed by atoms with Crippen LogP contribution in [-0.2, 0) is 14.8 Å². The number of imidazole rings is 1. The van der Waals surface area contributed by atoms with Gasteiger partial charge in [-0.15, -0.1) is 5.10 Å². The molecule has 31 heavy (non-hydrogen) atoms. The lowest BCUT2D eigenvalue weighted by molar-refractivity contribution is -0.388. The third-order valence-corrected chi connectivity index (χ3v) is 7.86. The van der Waals surface area contributed by atoms with Gasteiger partial charge in [0.2, 0.25) is 15.8 Å². The van der Waals surface area contributed by atoms with Gasteiger partial charge in [0.15, 0.2) is 5.16 Å². The molecule has 1 fully saturated rings. The van der Waals surface area contributed by atoms with Crippen molar-refractivity contribution in [3.63, 3.8) is 0 Å². The molecule has 0 amide bonds. The van der Waals surface area contributed by atoms with E-state index in [1.54, 1.807) is 4.40 Å². The maximum atomic E-state index is 12.9. The molecule has 2 aromatic heterocycles. The van der Waals surface area contributed by atoms with Crippen molar-refractivity contribution in [3.8, 4) is 0 Å². The number of aromatic nitrogens is 4. The Balaban J connectivity index is 1.54. The molecule has 3 heterocycles. The number of hydrogen-bond acceptors (Lipinski definition) is 8. The molecule has 0 bridgehead atoms. The second-order valence-electron chi connectivity index (χ2n) is 6.77. The van der Waals surface area contributed by atoms with Crippen LogP contribution in [0.25, 0.3) is 16.8 Å². The predicted octanol–water partition coefficient (Wildman–Crippen LogP) is 2.29. The van der Waals surface area contributed by atoms with Gasteiger partial charge in [0.05, 0.1) is 39.0 Å². The van der Waals surface area contributed by atoms with Crippen LogP contribution in [0.4, 0.5) is 5.69 Å². The normalized spacial score (nSPS) is 15.6. The molecule has 1 aliphatic heterocycles. The van der Waals surface area contributed by atoms with Gasteiger partial charge in [0, 0.05) is 19.2 Å². The van der Waals surface area contributed by atoms with E-state index in [1.165, 1.54) is 16.4 Å². The van der Waals surface area contributed by atoms with Crippen LogP contribution in [0.5, 0.6) is 0 Å². The highest BCUT2D eigenvalue weighted by Crippen LogP contribution is 2.37. The van der Waals surface area contributed by atoms with E-state index in [-0.39, 0.29) is 28.6 Å². The predicted molar refractivity (Wildman–Crippen MR) is 112 cm³/mol. The van der Waals surface area contributed by atoms with Gasteiger partial charge < -0.3 is 4.74 Å². The summed E-state index contributed by atoms with van der Waals surface area (Å²) in [5.74, 6) is 0.512. The van der Waals surface area contributed by atoms with E-state index in [0.717, 1.165) is 28.9 Å². The molecule has 1 saturated heterocycles. The number of hydrogen-bond donors (Lipinski definition) is 1. The topological polar surface area (TPSA) is 136 Å². The maximum absolute atomic E-state index is 12.9. The molecule has 0 spiro atoms. The average Bonchev–Trinajstić information content (AvgIpc) is 3.34. The van der Waals surface area contributed by atoms with E-state index in [9.17, 15) is 18.5 Å². The molecule has 0 aliphatic carbocycles. The summed E-state index contributed by atoms with van der Waals surface area (Å²) in [6, 6.07) is 11.4. The Morgan fingerprint density at radius 1 is 1.16 bits per heavy atom. The van der Waals surface area contributed by atoms with Gasteiger partial charge in [-0.1, -0.05) is 12.1 Å². The molecule has 0 atom stereocenters. The van der Waals surface area contributed by atoms with Gasteiger partial charge in [0.25, 0.3) is 5.69 Å². The first-order valence-electron chi connectivity index (χ1n) is 9.31. The Labute approximate surface area is 180 Å². The highest BCUT2D eigenvalue weighted by Gasteiger charge is 2.29. The number of nitro groups is 1. The number of fused-ring (bicyclic) bond motifs is 3. The van der Waals surface area contributed by atoms with E-state index in [1.807, 2.05) is 24.3 Å². The largest absolute Gasteiger partial charge is 0.379 e. The number of H-pyrrole nitrogens is 1. The summed E-state index contributed by atoms with van der Waals surface area (Å²) in [6.45, 7) is 1.02. The van der Waals surface area contributed by atoms with Crippen LogP contribution >= 0.6 is 11.8 Å². The van der Waals surface area contributed by atoms with Crippen LogP contribution in [0.1, 0.15) is 0 Å². The number of sulfonamides is 1. The van der Waals surface area contributed by atoms with Crippen LogP contribution in [-0.4, -0.2) is 63.5 Å². The number of benzene rings is 2. The van der Waals surface area contributed by atoms with Crippen molar-refractivity contribution in [1.82, 2.24) is 23.9 Å². The van der Waals surface area contributed by atoms with Crippen molar-refractivity contribution in [2.24, 2.45) is 0 Å². The zero-order chi connectivity index (χ0) is 21.6. The zero-order valence-electron chi connectivity index (χ0n) is 16.0. The maximum Gasteiger partial charge on any atom is 0.284 e. The molecular weight excluding hydrogens is 444 g/mol. The van der Waals surface area contributed by atoms with E-state index in [2.05, 4.69) is 15.2 Å². The summed E-state index contributed by atoms with van der Waals surface area (Å²) in [4.78, 5) is 15.8. The summed E-state index contributed by atoms with van der Waals surface area (Å²) in [7, 11) is -3.85. The molecule has 4 aromatic rings. The van der Waals surface area contributed by atoms with E-state index in [0.29, 0.717) is 24.1 Å². The molecule has 0 unspecified atom stereocenters. The lowest BCUT2D eigenvalue weighted by Crippen LogP contribution is -2.40. The second kappa shape index (κ2) is 7.60. The first-order valence-corrected chi connectivity index (χ1v) is 11.6. The number of nitrogens with zero attached hydrogens (tertiary/aromatic N) is 5. The van der Waals surface area contributed by atoms with Gasteiger partial charge in [-0.05, 0) is 36.0 Å². The molecule has 0 radical (unpaired) electrons. The summed E-state index contributed by atoms with van der Waals surface area (Å²) in [6.07, 6.45) is 0. The van der Waals surface area contributed by atoms with Crippen molar-refractivity contribution < 1.29 is 18.1 Å². The molecule has 0 saturated carbocycles. The number of ether oxygens (including phenoxy) is 1. The molecule has 1 aliphatic rings. The second-order valence-corrected chi connectivity index (χ2v) is 9.72. The monoisotopic (exact) mass is 460 g/mol. The van der Waals surface area contributed by atoms with Crippen LogP contribution in [0.2, 0.25) is 0 Å². The standard InChI is InChI=1S/C18H16N6O5S2/c25-24(26)15-11-12(31(27,28)22-7-9-29-10-8-22)5-6-16(15)30-18-21-20-17-19-13-3-1-2-4-14(13)23(17)18/h1-6,11H,7-10H2,(H,19,20). The first kappa shape index (κ1) is 19.9. The highest BCUT2D eigenvalue weighted by molar-refractivity contribution is 7.99. The van der Waals surface area contributed by atoms with E-state index in [4.69, 9.17) is 4.74 Å². The minimum atomic E-state index is -3.85. The third-order valence-electron chi connectivity index (χ3n) is 4.94. The van der Waals surface area contributed by atoms with Crippen molar-refractivity contribution in [2.45, 2.75) is 14.9 Å². The number of morpholine rings is 1. The molecule has 160 valence electrons. The van der Waals surface area contributed by atoms with Crippen molar-refractivity contribution in [2.75, 3.05) is 26.3 Å².